The van der Waals surface area contributed by atoms with Crippen LogP contribution in [-0.4, -0.2) is 39.0 Å². The van der Waals surface area contributed by atoms with Crippen LogP contribution < -0.4 is 0 Å². The molecule has 7 heteroatoms. The molecule has 0 unspecified atom stereocenters. The van der Waals surface area contributed by atoms with Crippen LogP contribution in [0, 0.1) is 5.41 Å². The monoisotopic (exact) mass is 316 g/mol. The van der Waals surface area contributed by atoms with Gasteiger partial charge in [0.1, 0.15) is 5.78 Å². The highest BCUT2D eigenvalue weighted by Gasteiger charge is 2.14. The predicted molar refractivity (Wildman–Crippen MR) is 83.6 cm³/mol. The number of hydrogen-bond donors (Lipinski definition) is 3. The highest BCUT2D eigenvalue weighted by molar-refractivity contribution is 5.81. The smallest absolute Gasteiger partial charge is 0.327 e. The summed E-state index contributed by atoms with van der Waals surface area (Å²) < 4.78 is 0. The lowest BCUT2D eigenvalue weighted by molar-refractivity contribution is -0.132. The van der Waals surface area contributed by atoms with Gasteiger partial charge in [-0.1, -0.05) is 40.5 Å². The van der Waals surface area contributed by atoms with Gasteiger partial charge in [-0.15, -0.1) is 0 Å². The highest BCUT2D eigenvalue weighted by Crippen LogP contribution is 2.12. The zero-order chi connectivity index (χ0) is 18.9. The summed E-state index contributed by atoms with van der Waals surface area (Å²) in [6.07, 6.45) is 2.50. The van der Waals surface area contributed by atoms with Crippen LogP contribution in [0.15, 0.2) is 38.0 Å². The third-order valence-electron chi connectivity index (χ3n) is 1.58. The maximum atomic E-state index is 10.5. The summed E-state index contributed by atoms with van der Waals surface area (Å²) >= 11 is 0. The molecular formula is C15H24O7. The van der Waals surface area contributed by atoms with E-state index in [0.29, 0.717) is 0 Å². The quantitative estimate of drug-likeness (QED) is 0.682. The number of rotatable bonds is 3. The number of carbonyl (C=O) groups excluding carboxylic acids is 1. The van der Waals surface area contributed by atoms with Gasteiger partial charge >= 0.3 is 17.9 Å². The molecule has 0 heterocycles. The number of aliphatic carboxylic acids is 3. The number of hydrogen-bond acceptors (Lipinski definition) is 4. The van der Waals surface area contributed by atoms with E-state index in [2.05, 4.69) is 19.7 Å². The summed E-state index contributed by atoms with van der Waals surface area (Å²) in [6, 6.07) is 0. The molecule has 0 saturated carbocycles. The van der Waals surface area contributed by atoms with Gasteiger partial charge in [-0.05, 0) is 6.92 Å². The fourth-order valence-electron chi connectivity index (χ4n) is 0. The minimum atomic E-state index is -0.981. The molecule has 0 fully saturated rings. The SMILES string of the molecule is C=CC(=O)O.C=CC(=O)O.C=CC(=O)O.CC(=O)C(C)(C)C. The molecule has 0 bridgehead atoms. The summed E-state index contributed by atoms with van der Waals surface area (Å²) in [5.41, 5.74) is -0.139. The number of carboxylic acid groups (broad SMARTS) is 3. The zero-order valence-electron chi connectivity index (χ0n) is 13.3. The average Bonchev–Trinajstić information content (AvgIpc) is 2.39. The van der Waals surface area contributed by atoms with Crippen molar-refractivity contribution in [2.45, 2.75) is 27.7 Å². The van der Waals surface area contributed by atoms with Gasteiger partial charge in [0.15, 0.2) is 0 Å². The number of ketones is 1. The van der Waals surface area contributed by atoms with Crippen LogP contribution in [0.5, 0.6) is 0 Å². The Morgan fingerprint density at radius 3 is 0.818 bits per heavy atom. The molecule has 0 aliphatic heterocycles. The number of Topliss-reactive ketones (excluding diaryl/α,β-unsaturated/α-hetero) is 1. The van der Waals surface area contributed by atoms with E-state index in [9.17, 15) is 19.2 Å². The minimum absolute atomic E-state index is 0.139. The molecule has 0 aromatic carbocycles. The van der Waals surface area contributed by atoms with Gasteiger partial charge in [0, 0.05) is 23.6 Å². The Morgan fingerprint density at radius 1 is 0.727 bits per heavy atom. The first-order chi connectivity index (χ1) is 9.75. The average molecular weight is 316 g/mol. The summed E-state index contributed by atoms with van der Waals surface area (Å²) in [6.45, 7) is 16.2. The third kappa shape index (κ3) is 53.1. The molecule has 0 rings (SSSR count). The molecule has 0 radical (unpaired) electrons. The Kier molecular flexibility index (Phi) is 20.5. The van der Waals surface area contributed by atoms with E-state index >= 15 is 0 Å². The van der Waals surface area contributed by atoms with Crippen LogP contribution in [0.1, 0.15) is 27.7 Å². The second-order valence-corrected chi connectivity index (χ2v) is 4.43. The first kappa shape index (κ1) is 27.6. The van der Waals surface area contributed by atoms with Crippen molar-refractivity contribution in [3.63, 3.8) is 0 Å². The fourth-order valence-corrected chi connectivity index (χ4v) is 0. The van der Waals surface area contributed by atoms with E-state index in [4.69, 9.17) is 15.3 Å². The van der Waals surface area contributed by atoms with Crippen molar-refractivity contribution in [2.24, 2.45) is 5.41 Å². The first-order valence-corrected chi connectivity index (χ1v) is 5.83. The largest absolute Gasteiger partial charge is 0.478 e. The normalized spacial score (nSPS) is 8.00. The summed E-state index contributed by atoms with van der Waals surface area (Å²) in [5, 5.41) is 22.8. The van der Waals surface area contributed by atoms with Gasteiger partial charge in [-0.3, -0.25) is 4.79 Å². The molecule has 0 atom stereocenters. The maximum Gasteiger partial charge on any atom is 0.327 e. The lowest BCUT2D eigenvalue weighted by Gasteiger charge is -2.11. The van der Waals surface area contributed by atoms with E-state index in [1.54, 1.807) is 6.92 Å². The molecular weight excluding hydrogens is 292 g/mol. The molecule has 7 nitrogen and oxygen atoms in total. The third-order valence-corrected chi connectivity index (χ3v) is 1.58. The molecule has 0 aromatic rings. The van der Waals surface area contributed by atoms with Crippen molar-refractivity contribution in [1.29, 1.82) is 0 Å². The topological polar surface area (TPSA) is 129 Å². The van der Waals surface area contributed by atoms with E-state index in [1.807, 2.05) is 20.8 Å². The highest BCUT2D eigenvalue weighted by atomic mass is 16.4. The zero-order valence-corrected chi connectivity index (χ0v) is 13.3. The Morgan fingerprint density at radius 2 is 0.818 bits per heavy atom. The van der Waals surface area contributed by atoms with Crippen molar-refractivity contribution in [2.75, 3.05) is 0 Å². The van der Waals surface area contributed by atoms with Gasteiger partial charge in [0.2, 0.25) is 0 Å². The summed E-state index contributed by atoms with van der Waals surface area (Å²) in [7, 11) is 0. The van der Waals surface area contributed by atoms with E-state index < -0.39 is 17.9 Å². The fraction of sp³-hybridized carbons (Fsp3) is 0.333. The van der Waals surface area contributed by atoms with E-state index in [0.717, 1.165) is 18.2 Å². The molecule has 3 N–H and O–H groups in total. The van der Waals surface area contributed by atoms with Crippen molar-refractivity contribution >= 4 is 23.7 Å². The van der Waals surface area contributed by atoms with Crippen LogP contribution >= 0.6 is 0 Å². The Hall–Kier alpha value is -2.70. The minimum Gasteiger partial charge on any atom is -0.478 e. The maximum absolute atomic E-state index is 10.5. The van der Waals surface area contributed by atoms with Crippen LogP contribution in [0.3, 0.4) is 0 Å². The van der Waals surface area contributed by atoms with Gasteiger partial charge in [-0.25, -0.2) is 14.4 Å². The van der Waals surface area contributed by atoms with Crippen LogP contribution in [-0.2, 0) is 19.2 Å². The Labute approximate surface area is 130 Å². The molecule has 0 saturated heterocycles. The number of carboxylic acids is 3. The van der Waals surface area contributed by atoms with Gasteiger partial charge in [0.05, 0.1) is 0 Å². The van der Waals surface area contributed by atoms with Crippen LogP contribution in [0.2, 0.25) is 0 Å². The molecule has 126 valence electrons. The van der Waals surface area contributed by atoms with Gasteiger partial charge in [-0.2, -0.15) is 0 Å². The second-order valence-electron chi connectivity index (χ2n) is 4.43. The predicted octanol–water partition coefficient (Wildman–Crippen LogP) is 2.39. The molecule has 0 aliphatic carbocycles. The Bertz CT molecular complexity index is 358. The first-order valence-electron chi connectivity index (χ1n) is 5.83. The van der Waals surface area contributed by atoms with Crippen molar-refractivity contribution < 1.29 is 34.5 Å². The standard InChI is InChI=1S/C6H12O.3C3H4O2/c1-5(7)6(2,3)4;3*1-2-3(4)5/h1-4H3;3*2H,1H2,(H,4,5). The molecule has 0 amide bonds. The Balaban J connectivity index is -0.0000000995. The molecule has 22 heavy (non-hydrogen) atoms. The molecule has 0 spiro atoms. The van der Waals surface area contributed by atoms with Gasteiger partial charge in [0.25, 0.3) is 0 Å². The lowest BCUT2D eigenvalue weighted by atomic mass is 9.92. The van der Waals surface area contributed by atoms with Gasteiger partial charge < -0.3 is 15.3 Å². The van der Waals surface area contributed by atoms with Crippen molar-refractivity contribution in [1.82, 2.24) is 0 Å². The second kappa shape index (κ2) is 16.4. The summed E-state index contributed by atoms with van der Waals surface area (Å²) in [4.78, 5) is 38.2. The van der Waals surface area contributed by atoms with Crippen molar-refractivity contribution in [3.05, 3.63) is 38.0 Å². The van der Waals surface area contributed by atoms with E-state index in [1.165, 1.54) is 0 Å². The van der Waals surface area contributed by atoms with Crippen LogP contribution in [0.4, 0.5) is 0 Å². The molecule has 0 aromatic heterocycles. The summed E-state index contributed by atoms with van der Waals surface area (Å²) in [5.74, 6) is -2.70. The molecule has 0 aliphatic rings. The van der Waals surface area contributed by atoms with Crippen LogP contribution in [0.25, 0.3) is 0 Å². The number of carbonyl (C=O) groups is 4. The van der Waals surface area contributed by atoms with E-state index in [-0.39, 0.29) is 11.2 Å². The van der Waals surface area contributed by atoms with Crippen molar-refractivity contribution in [3.8, 4) is 0 Å². The lowest BCUT2D eigenvalue weighted by Crippen LogP contribution is -2.15.